The SMILES string of the molecule is CCCOc1ccc(-c2cc(C(=O)NO)[nH]n2)cc1C. The molecule has 0 unspecified atom stereocenters. The lowest BCUT2D eigenvalue weighted by Gasteiger charge is -2.08. The number of nitrogens with zero attached hydrogens (tertiary/aromatic N) is 1. The Hall–Kier alpha value is -2.34. The molecule has 1 heterocycles. The average molecular weight is 275 g/mol. The van der Waals surface area contributed by atoms with Gasteiger partial charge >= 0.3 is 0 Å². The van der Waals surface area contributed by atoms with Crippen LogP contribution in [0.2, 0.25) is 0 Å². The molecule has 0 atom stereocenters. The van der Waals surface area contributed by atoms with E-state index in [-0.39, 0.29) is 5.69 Å². The smallest absolute Gasteiger partial charge is 0.292 e. The second kappa shape index (κ2) is 6.21. The van der Waals surface area contributed by atoms with E-state index < -0.39 is 5.91 Å². The van der Waals surface area contributed by atoms with Crippen molar-refractivity contribution in [2.24, 2.45) is 0 Å². The van der Waals surface area contributed by atoms with Gasteiger partial charge < -0.3 is 4.74 Å². The fraction of sp³-hybridized carbons (Fsp3) is 0.286. The Balaban J connectivity index is 2.23. The van der Waals surface area contributed by atoms with E-state index in [1.54, 1.807) is 11.5 Å². The normalized spacial score (nSPS) is 10.3. The number of aromatic nitrogens is 2. The minimum Gasteiger partial charge on any atom is -0.493 e. The van der Waals surface area contributed by atoms with Gasteiger partial charge in [0.2, 0.25) is 0 Å². The summed E-state index contributed by atoms with van der Waals surface area (Å²) in [6, 6.07) is 7.30. The summed E-state index contributed by atoms with van der Waals surface area (Å²) in [6.45, 7) is 4.70. The quantitative estimate of drug-likeness (QED) is 0.577. The van der Waals surface area contributed by atoms with Gasteiger partial charge in [0.05, 0.1) is 12.3 Å². The first-order valence-electron chi connectivity index (χ1n) is 6.39. The number of hydrogen-bond donors (Lipinski definition) is 3. The van der Waals surface area contributed by atoms with E-state index in [4.69, 9.17) is 9.94 Å². The van der Waals surface area contributed by atoms with Gasteiger partial charge in [0.15, 0.2) is 0 Å². The highest BCUT2D eigenvalue weighted by molar-refractivity contribution is 5.92. The number of hydrogen-bond acceptors (Lipinski definition) is 4. The van der Waals surface area contributed by atoms with Crippen molar-refractivity contribution in [1.29, 1.82) is 0 Å². The molecule has 0 radical (unpaired) electrons. The minimum atomic E-state index is -0.622. The first-order chi connectivity index (χ1) is 9.65. The molecule has 0 aliphatic carbocycles. The van der Waals surface area contributed by atoms with Crippen LogP contribution >= 0.6 is 0 Å². The molecule has 2 rings (SSSR count). The van der Waals surface area contributed by atoms with Crippen molar-refractivity contribution in [1.82, 2.24) is 15.7 Å². The van der Waals surface area contributed by atoms with E-state index in [0.717, 1.165) is 23.3 Å². The second-order valence-corrected chi connectivity index (χ2v) is 4.44. The number of amides is 1. The maximum atomic E-state index is 11.2. The number of ether oxygens (including phenoxy) is 1. The van der Waals surface area contributed by atoms with Crippen LogP contribution in [0, 0.1) is 6.92 Å². The van der Waals surface area contributed by atoms with E-state index >= 15 is 0 Å². The van der Waals surface area contributed by atoms with Crippen molar-refractivity contribution in [3.05, 3.63) is 35.5 Å². The number of benzene rings is 1. The topological polar surface area (TPSA) is 87.2 Å². The molecule has 0 aliphatic rings. The van der Waals surface area contributed by atoms with Gasteiger partial charge in [0.1, 0.15) is 11.4 Å². The summed E-state index contributed by atoms with van der Waals surface area (Å²) in [5.74, 6) is 0.225. The molecule has 1 aromatic carbocycles. The molecule has 0 bridgehead atoms. The summed E-state index contributed by atoms with van der Waals surface area (Å²) >= 11 is 0. The molecular weight excluding hydrogens is 258 g/mol. The van der Waals surface area contributed by atoms with Crippen LogP contribution in [0.25, 0.3) is 11.3 Å². The maximum Gasteiger partial charge on any atom is 0.292 e. The van der Waals surface area contributed by atoms with Gasteiger partial charge in [-0.3, -0.25) is 15.1 Å². The van der Waals surface area contributed by atoms with E-state index in [0.29, 0.717) is 12.3 Å². The van der Waals surface area contributed by atoms with Gasteiger partial charge in [-0.2, -0.15) is 5.10 Å². The lowest BCUT2D eigenvalue weighted by Crippen LogP contribution is -2.18. The van der Waals surface area contributed by atoms with E-state index in [2.05, 4.69) is 17.1 Å². The number of carbonyl (C=O) groups is 1. The van der Waals surface area contributed by atoms with E-state index in [9.17, 15) is 4.79 Å². The lowest BCUT2D eigenvalue weighted by molar-refractivity contribution is 0.0700. The zero-order valence-corrected chi connectivity index (χ0v) is 11.4. The van der Waals surface area contributed by atoms with Gasteiger partial charge in [-0.1, -0.05) is 6.92 Å². The Morgan fingerprint density at radius 3 is 2.90 bits per heavy atom. The number of aryl methyl sites for hydroxylation is 1. The molecule has 0 saturated carbocycles. The fourth-order valence-electron chi connectivity index (χ4n) is 1.83. The van der Waals surface area contributed by atoms with Crippen LogP contribution < -0.4 is 10.2 Å². The number of hydroxylamine groups is 1. The van der Waals surface area contributed by atoms with Crippen LogP contribution in [0.1, 0.15) is 29.4 Å². The molecule has 1 amide bonds. The zero-order valence-electron chi connectivity index (χ0n) is 11.4. The van der Waals surface area contributed by atoms with Crippen molar-refractivity contribution in [2.75, 3.05) is 6.61 Å². The van der Waals surface area contributed by atoms with Crippen LogP contribution in [0.5, 0.6) is 5.75 Å². The largest absolute Gasteiger partial charge is 0.493 e. The third kappa shape index (κ3) is 2.97. The van der Waals surface area contributed by atoms with Gasteiger partial charge in [0.25, 0.3) is 5.91 Å². The molecule has 0 saturated heterocycles. The van der Waals surface area contributed by atoms with Crippen LogP contribution in [0.3, 0.4) is 0 Å². The maximum absolute atomic E-state index is 11.2. The minimum absolute atomic E-state index is 0.200. The third-order valence-electron chi connectivity index (χ3n) is 2.86. The Morgan fingerprint density at radius 1 is 1.45 bits per heavy atom. The number of H-pyrrole nitrogens is 1. The summed E-state index contributed by atoms with van der Waals surface area (Å²) in [6.07, 6.45) is 0.959. The van der Waals surface area contributed by atoms with Crippen LogP contribution in [-0.2, 0) is 0 Å². The Kier molecular flexibility index (Phi) is 4.37. The zero-order chi connectivity index (χ0) is 14.5. The molecule has 106 valence electrons. The van der Waals surface area contributed by atoms with Crippen LogP contribution in [0.4, 0.5) is 0 Å². The van der Waals surface area contributed by atoms with Crippen molar-refractivity contribution >= 4 is 5.91 Å². The van der Waals surface area contributed by atoms with Crippen LogP contribution in [-0.4, -0.2) is 27.9 Å². The molecule has 0 spiro atoms. The van der Waals surface area contributed by atoms with E-state index in [1.807, 2.05) is 25.1 Å². The van der Waals surface area contributed by atoms with Gasteiger partial charge in [-0.15, -0.1) is 0 Å². The molecular formula is C14H17N3O3. The van der Waals surface area contributed by atoms with Gasteiger partial charge in [-0.05, 0) is 43.2 Å². The molecule has 3 N–H and O–H groups in total. The molecule has 0 fully saturated rings. The average Bonchev–Trinajstić information content (AvgIpc) is 2.95. The molecule has 2 aromatic rings. The number of nitrogens with one attached hydrogen (secondary N) is 2. The molecule has 6 nitrogen and oxygen atoms in total. The van der Waals surface area contributed by atoms with Crippen molar-refractivity contribution < 1.29 is 14.7 Å². The third-order valence-corrected chi connectivity index (χ3v) is 2.86. The standard InChI is InChI=1S/C14H17N3O3/c1-3-6-20-13-5-4-10(7-9(13)2)11-8-12(16-15-11)14(18)17-19/h4-5,7-8,19H,3,6H2,1-2H3,(H,15,16)(H,17,18). The Bertz CT molecular complexity index is 607. The van der Waals surface area contributed by atoms with Crippen molar-refractivity contribution in [2.45, 2.75) is 20.3 Å². The second-order valence-electron chi connectivity index (χ2n) is 4.44. The molecule has 0 aliphatic heterocycles. The summed E-state index contributed by atoms with van der Waals surface area (Å²) in [4.78, 5) is 11.2. The Morgan fingerprint density at radius 2 is 2.25 bits per heavy atom. The molecule has 20 heavy (non-hydrogen) atoms. The van der Waals surface area contributed by atoms with Crippen LogP contribution in [0.15, 0.2) is 24.3 Å². The van der Waals surface area contributed by atoms with Crippen molar-refractivity contribution in [3.8, 4) is 17.0 Å². The van der Waals surface area contributed by atoms with Gasteiger partial charge in [0, 0.05) is 5.56 Å². The number of aromatic amines is 1. The highest BCUT2D eigenvalue weighted by Gasteiger charge is 2.11. The molecule has 6 heteroatoms. The predicted molar refractivity (Wildman–Crippen MR) is 73.8 cm³/mol. The Labute approximate surface area is 116 Å². The molecule has 1 aromatic heterocycles. The first kappa shape index (κ1) is 14.1. The number of rotatable bonds is 5. The summed E-state index contributed by atoms with van der Waals surface area (Å²) in [5, 5.41) is 15.2. The summed E-state index contributed by atoms with van der Waals surface area (Å²) in [5.41, 5.74) is 4.27. The highest BCUT2D eigenvalue weighted by atomic mass is 16.5. The monoisotopic (exact) mass is 275 g/mol. The summed E-state index contributed by atoms with van der Waals surface area (Å²) in [7, 11) is 0. The fourth-order valence-corrected chi connectivity index (χ4v) is 1.83. The first-order valence-corrected chi connectivity index (χ1v) is 6.39. The number of carbonyl (C=O) groups excluding carboxylic acids is 1. The summed E-state index contributed by atoms with van der Waals surface area (Å²) < 4.78 is 5.61. The lowest BCUT2D eigenvalue weighted by atomic mass is 10.1. The van der Waals surface area contributed by atoms with Gasteiger partial charge in [-0.25, -0.2) is 5.48 Å². The highest BCUT2D eigenvalue weighted by Crippen LogP contribution is 2.25. The predicted octanol–water partition coefficient (Wildman–Crippen LogP) is 2.29. The van der Waals surface area contributed by atoms with E-state index in [1.165, 1.54) is 0 Å². The van der Waals surface area contributed by atoms with Crippen molar-refractivity contribution in [3.63, 3.8) is 0 Å².